The van der Waals surface area contributed by atoms with Gasteiger partial charge in [-0.25, -0.2) is 0 Å². The number of aromatic hydroxyl groups is 1. The largest absolute Gasteiger partial charge is 0.505 e. The molecule has 6 nitrogen and oxygen atoms in total. The van der Waals surface area contributed by atoms with Gasteiger partial charge in [-0.05, 0) is 47.2 Å². The van der Waals surface area contributed by atoms with Crippen LogP contribution in [0.25, 0.3) is 21.5 Å². The standard InChI is InChI=1S/C13H14N2O.C10H8.C3H8.C2H6.CH4O3S/c1-8-5-4-6-10-7-9(2)12(15-14-3)13(16)11(8)10;1-2-6-10-8-4-3-7-9(10)5-1;1-3-2;1-2;1-5(2,3)4/h4-7,16H,1-3H3;1-8H;3H2,1-2H3;1-2H3;1H3,(H,2,3,4). The van der Waals surface area contributed by atoms with Crippen LogP contribution in [0.3, 0.4) is 0 Å². The first-order valence-electron chi connectivity index (χ1n) is 11.9. The minimum absolute atomic E-state index is 0.221. The summed E-state index contributed by atoms with van der Waals surface area (Å²) in [7, 11) is -2.07. The number of hydrogen-bond acceptors (Lipinski definition) is 5. The lowest BCUT2D eigenvalue weighted by atomic mass is 10.0. The Morgan fingerprint density at radius 2 is 1.17 bits per heavy atom. The van der Waals surface area contributed by atoms with Crippen LogP contribution in [0.4, 0.5) is 5.69 Å². The summed E-state index contributed by atoms with van der Waals surface area (Å²) < 4.78 is 25.9. The van der Waals surface area contributed by atoms with Crippen LogP contribution in [0.5, 0.6) is 5.75 Å². The van der Waals surface area contributed by atoms with E-state index in [0.717, 1.165) is 21.9 Å². The molecule has 4 rings (SSSR count). The van der Waals surface area contributed by atoms with Gasteiger partial charge in [-0.1, -0.05) is 101 Å². The molecule has 0 bridgehead atoms. The van der Waals surface area contributed by atoms with Crippen LogP contribution in [-0.2, 0) is 10.1 Å². The van der Waals surface area contributed by atoms with Crippen LogP contribution in [0.1, 0.15) is 45.2 Å². The van der Waals surface area contributed by atoms with Crippen LogP contribution < -0.4 is 0 Å². The lowest BCUT2D eigenvalue weighted by molar-refractivity contribution is 0.482. The number of rotatable bonds is 1. The number of phenols is 1. The minimum Gasteiger partial charge on any atom is -0.505 e. The fourth-order valence-electron chi connectivity index (χ4n) is 3.10. The summed E-state index contributed by atoms with van der Waals surface area (Å²) in [4.78, 5) is 0. The molecule has 0 aliphatic rings. The first kappa shape index (κ1) is 32.7. The van der Waals surface area contributed by atoms with Crippen molar-refractivity contribution < 1.29 is 18.1 Å². The van der Waals surface area contributed by atoms with Gasteiger partial charge >= 0.3 is 0 Å². The lowest BCUT2D eigenvalue weighted by Crippen LogP contribution is -1.88. The van der Waals surface area contributed by atoms with E-state index in [0.29, 0.717) is 11.9 Å². The number of hydrogen-bond donors (Lipinski definition) is 2. The highest BCUT2D eigenvalue weighted by Gasteiger charge is 2.11. The summed E-state index contributed by atoms with van der Waals surface area (Å²) in [6.07, 6.45) is 1.97. The molecule has 0 fully saturated rings. The molecule has 0 heterocycles. The number of nitrogens with zero attached hydrogens (tertiary/aromatic N) is 2. The zero-order valence-corrected chi connectivity index (χ0v) is 23.5. The Bertz CT molecular complexity index is 1260. The van der Waals surface area contributed by atoms with Crippen molar-refractivity contribution in [3.05, 3.63) is 83.9 Å². The molecule has 0 saturated heterocycles. The summed E-state index contributed by atoms with van der Waals surface area (Å²) in [5, 5.41) is 22.4. The molecule has 2 N–H and O–H groups in total. The molecule has 4 aromatic rings. The summed E-state index contributed by atoms with van der Waals surface area (Å²) in [5.74, 6) is 0.221. The van der Waals surface area contributed by atoms with E-state index in [9.17, 15) is 13.5 Å². The average molecular weight is 513 g/mol. The molecule has 0 aromatic heterocycles. The van der Waals surface area contributed by atoms with Crippen LogP contribution in [0.15, 0.2) is 83.0 Å². The van der Waals surface area contributed by atoms with Crippen LogP contribution >= 0.6 is 0 Å². The van der Waals surface area contributed by atoms with Gasteiger partial charge in [0, 0.05) is 12.4 Å². The Labute approximate surface area is 216 Å². The molecule has 36 heavy (non-hydrogen) atoms. The van der Waals surface area contributed by atoms with Gasteiger partial charge < -0.3 is 5.11 Å². The van der Waals surface area contributed by atoms with Crippen LogP contribution in [0.2, 0.25) is 0 Å². The van der Waals surface area contributed by atoms with E-state index in [1.165, 1.54) is 17.2 Å². The molecule has 0 amide bonds. The molecule has 0 saturated carbocycles. The average Bonchev–Trinajstić information content (AvgIpc) is 2.83. The maximum Gasteiger partial charge on any atom is 0.261 e. The molecule has 0 spiro atoms. The second kappa shape index (κ2) is 17.2. The molecule has 4 aromatic carbocycles. The highest BCUT2D eigenvalue weighted by Crippen LogP contribution is 2.39. The fraction of sp³-hybridized carbons (Fsp3) is 0.310. The van der Waals surface area contributed by atoms with E-state index < -0.39 is 10.1 Å². The Kier molecular flexibility index (Phi) is 15.6. The topological polar surface area (TPSA) is 99.3 Å². The Morgan fingerprint density at radius 1 is 0.778 bits per heavy atom. The van der Waals surface area contributed by atoms with E-state index in [2.05, 4.69) is 72.6 Å². The molecule has 0 atom stereocenters. The van der Waals surface area contributed by atoms with Crippen LogP contribution in [0, 0.1) is 13.8 Å². The smallest absolute Gasteiger partial charge is 0.261 e. The van der Waals surface area contributed by atoms with Gasteiger partial charge in [0.1, 0.15) is 5.69 Å². The SMILES string of the molecule is CC.CCC.CN=Nc1c(C)cc2cccc(C)c2c1O.CS(=O)(=O)O.c1ccc2ccccc2c1. The van der Waals surface area contributed by atoms with Crippen molar-refractivity contribution in [3.8, 4) is 5.75 Å². The monoisotopic (exact) mass is 512 g/mol. The summed E-state index contributed by atoms with van der Waals surface area (Å²) in [6.45, 7) is 12.1. The third-order valence-corrected chi connectivity index (χ3v) is 4.37. The van der Waals surface area contributed by atoms with Gasteiger partial charge in [0.15, 0.2) is 5.75 Å². The summed E-state index contributed by atoms with van der Waals surface area (Å²) in [6, 6.07) is 24.7. The van der Waals surface area contributed by atoms with Gasteiger partial charge in [0.05, 0.1) is 6.26 Å². The van der Waals surface area contributed by atoms with Crippen molar-refractivity contribution in [2.75, 3.05) is 13.3 Å². The normalized spacial score (nSPS) is 10.1. The van der Waals surface area contributed by atoms with Crippen molar-refractivity contribution in [1.29, 1.82) is 0 Å². The van der Waals surface area contributed by atoms with E-state index in [1.54, 1.807) is 7.05 Å². The third-order valence-electron chi connectivity index (χ3n) is 4.37. The van der Waals surface area contributed by atoms with E-state index in [-0.39, 0.29) is 5.75 Å². The summed E-state index contributed by atoms with van der Waals surface area (Å²) >= 11 is 0. The number of azo groups is 1. The van der Waals surface area contributed by atoms with Gasteiger partial charge in [0.25, 0.3) is 10.1 Å². The maximum absolute atomic E-state index is 10.2. The van der Waals surface area contributed by atoms with E-state index in [4.69, 9.17) is 4.55 Å². The number of phenolic OH excluding ortho intramolecular Hbond substituents is 1. The Hall–Kier alpha value is -3.29. The molecule has 0 radical (unpaired) electrons. The van der Waals surface area contributed by atoms with Gasteiger partial charge in [-0.3, -0.25) is 4.55 Å². The van der Waals surface area contributed by atoms with Crippen molar-refractivity contribution in [3.63, 3.8) is 0 Å². The predicted octanol–water partition coefficient (Wildman–Crippen LogP) is 8.66. The second-order valence-corrected chi connectivity index (χ2v) is 9.12. The second-order valence-electron chi connectivity index (χ2n) is 7.65. The molecular weight excluding hydrogens is 472 g/mol. The van der Waals surface area contributed by atoms with Crippen molar-refractivity contribution in [2.45, 2.75) is 48.0 Å². The fourth-order valence-corrected chi connectivity index (χ4v) is 3.10. The first-order chi connectivity index (χ1) is 17.0. The predicted molar refractivity (Wildman–Crippen MR) is 154 cm³/mol. The molecule has 0 aliphatic carbocycles. The number of aryl methyl sites for hydroxylation is 2. The quantitative estimate of drug-likeness (QED) is 0.197. The van der Waals surface area contributed by atoms with Crippen molar-refractivity contribution in [1.82, 2.24) is 0 Å². The lowest BCUT2D eigenvalue weighted by Gasteiger charge is -2.09. The maximum atomic E-state index is 10.2. The Morgan fingerprint density at radius 3 is 1.56 bits per heavy atom. The van der Waals surface area contributed by atoms with Crippen LogP contribution in [-0.4, -0.2) is 31.4 Å². The third kappa shape index (κ3) is 11.9. The number of benzene rings is 4. The molecule has 0 aliphatic heterocycles. The highest BCUT2D eigenvalue weighted by molar-refractivity contribution is 7.85. The zero-order valence-electron chi connectivity index (χ0n) is 22.6. The highest BCUT2D eigenvalue weighted by atomic mass is 32.2. The van der Waals surface area contributed by atoms with E-state index >= 15 is 0 Å². The van der Waals surface area contributed by atoms with Gasteiger partial charge in [0.2, 0.25) is 0 Å². The zero-order chi connectivity index (χ0) is 27.7. The Balaban J connectivity index is 0.000000522. The molecular formula is C29H40N2O4S. The van der Waals surface area contributed by atoms with Crippen molar-refractivity contribution in [2.24, 2.45) is 10.2 Å². The number of fused-ring (bicyclic) bond motifs is 2. The van der Waals surface area contributed by atoms with Crippen molar-refractivity contribution >= 4 is 37.4 Å². The molecule has 0 unspecified atom stereocenters. The minimum atomic E-state index is -3.67. The first-order valence-corrected chi connectivity index (χ1v) is 13.8. The van der Waals surface area contributed by atoms with Gasteiger partial charge in [-0.15, -0.1) is 0 Å². The van der Waals surface area contributed by atoms with E-state index in [1.807, 2.05) is 52.0 Å². The molecule has 7 heteroatoms. The summed E-state index contributed by atoms with van der Waals surface area (Å²) in [5.41, 5.74) is 2.54. The molecule has 196 valence electrons. The van der Waals surface area contributed by atoms with Gasteiger partial charge in [-0.2, -0.15) is 18.6 Å².